The van der Waals surface area contributed by atoms with Crippen molar-refractivity contribution in [2.75, 3.05) is 16.0 Å². The number of carbonyl (C=O) groups is 2. The number of fused-ring (bicyclic) bond motifs is 1. The van der Waals surface area contributed by atoms with Crippen molar-refractivity contribution in [2.45, 2.75) is 57.9 Å². The second kappa shape index (κ2) is 8.60. The molecule has 30 heavy (non-hydrogen) atoms. The van der Waals surface area contributed by atoms with Gasteiger partial charge in [-0.05, 0) is 74.2 Å². The fourth-order valence-corrected chi connectivity index (χ4v) is 5.25. The Morgan fingerprint density at radius 2 is 1.77 bits per heavy atom. The molecule has 0 aromatic heterocycles. The van der Waals surface area contributed by atoms with E-state index in [4.69, 9.17) is 0 Å². The fourth-order valence-electron chi connectivity index (χ4n) is 3.97. The molecule has 2 aromatic rings. The summed E-state index contributed by atoms with van der Waals surface area (Å²) in [6.07, 6.45) is 0.903. The molecular weight excluding hydrogens is 400 g/mol. The Kier molecular flexibility index (Phi) is 6.31. The molecule has 0 aliphatic carbocycles. The predicted molar refractivity (Wildman–Crippen MR) is 119 cm³/mol. The zero-order valence-corrected chi connectivity index (χ0v) is 18.7. The smallest absolute Gasteiger partial charge is 0.226 e. The molecule has 2 amide bonds. The van der Waals surface area contributed by atoms with Crippen LogP contribution in [0.3, 0.4) is 0 Å². The first-order valence-corrected chi connectivity index (χ1v) is 11.8. The third-order valence-corrected chi connectivity index (χ3v) is 7.01. The van der Waals surface area contributed by atoms with Crippen LogP contribution in [0.5, 0.6) is 0 Å². The molecule has 6 nitrogen and oxygen atoms in total. The molecule has 1 heterocycles. The summed E-state index contributed by atoms with van der Waals surface area (Å²) >= 11 is 0. The van der Waals surface area contributed by atoms with Gasteiger partial charge in [-0.2, -0.15) is 0 Å². The molecule has 2 aromatic carbocycles. The van der Waals surface area contributed by atoms with Crippen molar-refractivity contribution in [3.05, 3.63) is 53.1 Å². The zero-order valence-electron chi connectivity index (χ0n) is 17.9. The molecule has 1 aliphatic rings. The van der Waals surface area contributed by atoms with Gasteiger partial charge in [0.05, 0.1) is 10.6 Å². The van der Waals surface area contributed by atoms with E-state index in [0.29, 0.717) is 18.5 Å². The summed E-state index contributed by atoms with van der Waals surface area (Å²) in [6, 6.07) is 10.6. The maximum atomic E-state index is 12.8. The van der Waals surface area contributed by atoms with E-state index in [-0.39, 0.29) is 34.9 Å². The Labute approximate surface area is 178 Å². The van der Waals surface area contributed by atoms with Crippen LogP contribution in [-0.2, 0) is 25.8 Å². The molecule has 0 bridgehead atoms. The monoisotopic (exact) mass is 428 g/mol. The molecule has 1 N–H and O–H groups in total. The molecule has 0 spiro atoms. The first-order chi connectivity index (χ1) is 14.1. The lowest BCUT2D eigenvalue weighted by Crippen LogP contribution is -2.35. The van der Waals surface area contributed by atoms with E-state index in [1.165, 1.54) is 6.07 Å². The minimum atomic E-state index is -3.61. The Bertz CT molecular complexity index is 1070. The standard InChI is InChI=1S/C23H28N2O4S/c1-5-23(27)25-17(4)13-18-14-20(6-7-21(18)25)30(28,29)9-8-22(26)24-19-11-15(2)10-16(3)12-19/h6-7,10-12,14,17H,5,8-9,13H2,1-4H3,(H,24,26)/t17-/m1/s1. The first-order valence-electron chi connectivity index (χ1n) is 10.2. The summed E-state index contributed by atoms with van der Waals surface area (Å²) in [7, 11) is -3.61. The van der Waals surface area contributed by atoms with Crippen molar-refractivity contribution in [3.8, 4) is 0 Å². The molecule has 3 rings (SSSR count). The van der Waals surface area contributed by atoms with Gasteiger partial charge in [-0.25, -0.2) is 8.42 Å². The van der Waals surface area contributed by atoms with Crippen LogP contribution in [0, 0.1) is 13.8 Å². The van der Waals surface area contributed by atoms with E-state index in [1.807, 2.05) is 45.9 Å². The van der Waals surface area contributed by atoms with E-state index in [0.717, 1.165) is 22.4 Å². The van der Waals surface area contributed by atoms with Gasteiger partial charge in [-0.1, -0.05) is 13.0 Å². The Hall–Kier alpha value is -2.67. The maximum Gasteiger partial charge on any atom is 0.226 e. The van der Waals surface area contributed by atoms with Crippen molar-refractivity contribution < 1.29 is 18.0 Å². The summed E-state index contributed by atoms with van der Waals surface area (Å²) in [5, 5.41) is 2.77. The van der Waals surface area contributed by atoms with Crippen LogP contribution < -0.4 is 10.2 Å². The van der Waals surface area contributed by atoms with Crippen molar-refractivity contribution >= 4 is 33.0 Å². The number of anilines is 2. The minimum absolute atomic E-state index is 0.00830. The lowest BCUT2D eigenvalue weighted by Gasteiger charge is -2.22. The molecule has 1 aliphatic heterocycles. The van der Waals surface area contributed by atoms with Crippen LogP contribution in [0.25, 0.3) is 0 Å². The average molecular weight is 429 g/mol. The molecule has 160 valence electrons. The molecular formula is C23H28N2O4S. The summed E-state index contributed by atoms with van der Waals surface area (Å²) in [6.45, 7) is 7.65. The lowest BCUT2D eigenvalue weighted by molar-refractivity contribution is -0.118. The molecule has 0 unspecified atom stereocenters. The van der Waals surface area contributed by atoms with Crippen molar-refractivity contribution in [3.63, 3.8) is 0 Å². The van der Waals surface area contributed by atoms with Crippen molar-refractivity contribution in [2.24, 2.45) is 0 Å². The molecule has 0 fully saturated rings. The number of hydrogen-bond acceptors (Lipinski definition) is 4. The zero-order chi connectivity index (χ0) is 22.1. The number of nitrogens with one attached hydrogen (secondary N) is 1. The van der Waals surface area contributed by atoms with Crippen LogP contribution in [0.15, 0.2) is 41.3 Å². The molecule has 0 radical (unpaired) electrons. The van der Waals surface area contributed by atoms with E-state index in [9.17, 15) is 18.0 Å². The summed E-state index contributed by atoms with van der Waals surface area (Å²) in [4.78, 5) is 26.4. The van der Waals surface area contributed by atoms with Crippen LogP contribution >= 0.6 is 0 Å². The van der Waals surface area contributed by atoms with Crippen LogP contribution in [0.1, 0.15) is 43.4 Å². The fraction of sp³-hybridized carbons (Fsp3) is 0.391. The third kappa shape index (κ3) is 4.73. The van der Waals surface area contributed by atoms with Crippen molar-refractivity contribution in [1.29, 1.82) is 0 Å². The Morgan fingerprint density at radius 3 is 2.40 bits per heavy atom. The Balaban J connectivity index is 1.70. The van der Waals surface area contributed by atoms with E-state index in [1.54, 1.807) is 17.0 Å². The van der Waals surface area contributed by atoms with Crippen molar-refractivity contribution in [1.82, 2.24) is 0 Å². The van der Waals surface area contributed by atoms with Gasteiger partial charge < -0.3 is 10.2 Å². The number of hydrogen-bond donors (Lipinski definition) is 1. The summed E-state index contributed by atoms with van der Waals surface area (Å²) < 4.78 is 25.6. The summed E-state index contributed by atoms with van der Waals surface area (Å²) in [5.41, 5.74) is 4.36. The summed E-state index contributed by atoms with van der Waals surface area (Å²) in [5.74, 6) is -0.576. The van der Waals surface area contributed by atoms with Gasteiger partial charge >= 0.3 is 0 Å². The van der Waals surface area contributed by atoms with E-state index < -0.39 is 9.84 Å². The van der Waals surface area contributed by atoms with Gasteiger partial charge in [0.15, 0.2) is 9.84 Å². The van der Waals surface area contributed by atoms with Gasteiger partial charge in [-0.3, -0.25) is 9.59 Å². The predicted octanol–water partition coefficient (Wildman–Crippen LogP) is 3.79. The molecule has 1 atom stereocenters. The van der Waals surface area contributed by atoms with E-state index in [2.05, 4.69) is 5.32 Å². The highest BCUT2D eigenvalue weighted by Crippen LogP contribution is 2.34. The lowest BCUT2D eigenvalue weighted by atomic mass is 10.1. The molecule has 0 saturated carbocycles. The number of sulfone groups is 1. The normalized spacial score (nSPS) is 15.7. The highest BCUT2D eigenvalue weighted by Gasteiger charge is 2.31. The number of rotatable bonds is 6. The Morgan fingerprint density at radius 1 is 1.10 bits per heavy atom. The van der Waals surface area contributed by atoms with Gasteiger partial charge in [0.1, 0.15) is 0 Å². The second-order valence-corrected chi connectivity index (χ2v) is 10.1. The van der Waals surface area contributed by atoms with Gasteiger partial charge in [0.25, 0.3) is 0 Å². The maximum absolute atomic E-state index is 12.8. The van der Waals surface area contributed by atoms with Gasteiger partial charge in [-0.15, -0.1) is 0 Å². The SMILES string of the molecule is CCC(=O)N1c2ccc(S(=O)(=O)CCC(=O)Nc3cc(C)cc(C)c3)cc2C[C@H]1C. The van der Waals surface area contributed by atoms with E-state index >= 15 is 0 Å². The van der Waals surface area contributed by atoms with Gasteiger partial charge in [0.2, 0.25) is 11.8 Å². The third-order valence-electron chi connectivity index (χ3n) is 5.30. The molecule has 7 heteroatoms. The number of nitrogens with zero attached hydrogens (tertiary/aromatic N) is 1. The topological polar surface area (TPSA) is 83.6 Å². The average Bonchev–Trinajstić information content (AvgIpc) is 3.00. The number of amides is 2. The molecule has 0 saturated heterocycles. The van der Waals surface area contributed by atoms with Crippen LogP contribution in [0.4, 0.5) is 11.4 Å². The van der Waals surface area contributed by atoms with Crippen LogP contribution in [0.2, 0.25) is 0 Å². The number of benzene rings is 2. The van der Waals surface area contributed by atoms with Gasteiger partial charge in [0, 0.05) is 30.3 Å². The van der Waals surface area contributed by atoms with Crippen LogP contribution in [-0.4, -0.2) is 32.0 Å². The first kappa shape index (κ1) is 22.0. The quantitative estimate of drug-likeness (QED) is 0.759. The highest BCUT2D eigenvalue weighted by atomic mass is 32.2. The minimum Gasteiger partial charge on any atom is -0.326 e. The highest BCUT2D eigenvalue weighted by molar-refractivity contribution is 7.91. The second-order valence-electron chi connectivity index (χ2n) is 7.95. The number of aryl methyl sites for hydroxylation is 2. The largest absolute Gasteiger partial charge is 0.326 e. The number of carbonyl (C=O) groups excluding carboxylic acids is 2.